The molecule has 3 nitrogen and oxygen atoms in total. The maximum absolute atomic E-state index is 6.45. The van der Waals surface area contributed by atoms with Crippen LogP contribution < -0.4 is 10.1 Å². The van der Waals surface area contributed by atoms with Gasteiger partial charge in [0, 0.05) is 49.7 Å². The molecule has 2 aliphatic rings. The van der Waals surface area contributed by atoms with Crippen LogP contribution in [0.1, 0.15) is 16.7 Å². The summed E-state index contributed by atoms with van der Waals surface area (Å²) in [6.45, 7) is 9.63. The minimum Gasteiger partial charge on any atom is -0.488 e. The van der Waals surface area contributed by atoms with E-state index < -0.39 is 0 Å². The Hall–Kier alpha value is -1.55. The molecule has 1 atom stereocenters. The molecule has 0 saturated carbocycles. The molecule has 4 heteroatoms. The van der Waals surface area contributed by atoms with Gasteiger partial charge in [0.1, 0.15) is 11.9 Å². The molecule has 1 N–H and O–H groups in total. The summed E-state index contributed by atoms with van der Waals surface area (Å²) < 4.78 is 6.44. The van der Waals surface area contributed by atoms with Crippen LogP contribution in [0.15, 0.2) is 30.3 Å². The molecule has 0 amide bonds. The zero-order chi connectivity index (χ0) is 17.4. The predicted octanol–water partition coefficient (Wildman–Crippen LogP) is 3.83. The number of hydrogen-bond donors (Lipinski definition) is 1. The highest BCUT2D eigenvalue weighted by molar-refractivity contribution is 6.31. The zero-order valence-electron chi connectivity index (χ0n) is 14.9. The second-order valence-corrected chi connectivity index (χ2v) is 7.64. The van der Waals surface area contributed by atoms with E-state index in [0.29, 0.717) is 0 Å². The Balaban J connectivity index is 1.65. The fraction of sp³-hybridized carbons (Fsp3) is 0.429. The van der Waals surface area contributed by atoms with Gasteiger partial charge >= 0.3 is 0 Å². The Bertz CT molecular complexity index is 763. The Kier molecular flexibility index (Phi) is 4.72. The van der Waals surface area contributed by atoms with E-state index in [1.807, 2.05) is 0 Å². The minimum atomic E-state index is 0.217. The van der Waals surface area contributed by atoms with Gasteiger partial charge in [-0.1, -0.05) is 29.8 Å². The number of halogens is 1. The molecule has 0 aliphatic carbocycles. The first-order valence-corrected chi connectivity index (χ1v) is 9.48. The lowest BCUT2D eigenvalue weighted by Gasteiger charge is -2.29. The van der Waals surface area contributed by atoms with Crippen molar-refractivity contribution in [3.8, 4) is 16.9 Å². The van der Waals surface area contributed by atoms with Crippen molar-refractivity contribution in [2.45, 2.75) is 26.4 Å². The van der Waals surface area contributed by atoms with Gasteiger partial charge < -0.3 is 10.1 Å². The summed E-state index contributed by atoms with van der Waals surface area (Å²) in [4.78, 5) is 2.49. The summed E-state index contributed by atoms with van der Waals surface area (Å²) in [6, 6.07) is 10.5. The number of ether oxygens (including phenoxy) is 1. The number of piperazine rings is 1. The van der Waals surface area contributed by atoms with Crippen molar-refractivity contribution in [2.75, 3.05) is 32.7 Å². The van der Waals surface area contributed by atoms with Crippen LogP contribution in [0.5, 0.6) is 5.75 Å². The molecule has 132 valence electrons. The minimum absolute atomic E-state index is 0.217. The van der Waals surface area contributed by atoms with Gasteiger partial charge in [0.25, 0.3) is 0 Å². The molecule has 2 aromatic carbocycles. The van der Waals surface area contributed by atoms with Gasteiger partial charge in [0.2, 0.25) is 0 Å². The third-order valence-electron chi connectivity index (χ3n) is 5.28. The highest BCUT2D eigenvalue weighted by atomic mass is 35.5. The van der Waals surface area contributed by atoms with Crippen molar-refractivity contribution in [2.24, 2.45) is 0 Å². The van der Waals surface area contributed by atoms with E-state index in [1.165, 1.54) is 22.3 Å². The van der Waals surface area contributed by atoms with Crippen LogP contribution in [0.3, 0.4) is 0 Å². The molecule has 0 bridgehead atoms. The first-order valence-electron chi connectivity index (χ1n) is 9.10. The van der Waals surface area contributed by atoms with E-state index >= 15 is 0 Å². The normalized spacial score (nSPS) is 20.4. The lowest BCUT2D eigenvalue weighted by molar-refractivity contribution is 0.140. The Morgan fingerprint density at radius 3 is 2.60 bits per heavy atom. The van der Waals surface area contributed by atoms with Gasteiger partial charge in [0.05, 0.1) is 0 Å². The van der Waals surface area contributed by atoms with E-state index in [-0.39, 0.29) is 6.10 Å². The molecule has 0 spiro atoms. The van der Waals surface area contributed by atoms with Gasteiger partial charge in [-0.25, -0.2) is 0 Å². The Labute approximate surface area is 154 Å². The van der Waals surface area contributed by atoms with Gasteiger partial charge in [0.15, 0.2) is 0 Å². The zero-order valence-corrected chi connectivity index (χ0v) is 15.7. The highest BCUT2D eigenvalue weighted by Crippen LogP contribution is 2.43. The highest BCUT2D eigenvalue weighted by Gasteiger charge is 2.29. The Morgan fingerprint density at radius 2 is 1.88 bits per heavy atom. The first kappa shape index (κ1) is 16.9. The summed E-state index contributed by atoms with van der Waals surface area (Å²) in [5.41, 5.74) is 6.16. The van der Waals surface area contributed by atoms with E-state index in [4.69, 9.17) is 16.3 Å². The molecule has 1 saturated heterocycles. The SMILES string of the molecule is Cc1cccc(C)c1-c1cc(Cl)cc2c1OC(CN1CCNCC1)C2. The largest absolute Gasteiger partial charge is 0.488 e. The molecule has 0 radical (unpaired) electrons. The topological polar surface area (TPSA) is 24.5 Å². The van der Waals surface area contributed by atoms with Crippen LogP contribution in [-0.2, 0) is 6.42 Å². The lowest BCUT2D eigenvalue weighted by atomic mass is 9.93. The van der Waals surface area contributed by atoms with Gasteiger partial charge in [-0.2, -0.15) is 0 Å². The summed E-state index contributed by atoms with van der Waals surface area (Å²) in [7, 11) is 0. The average Bonchev–Trinajstić information content (AvgIpc) is 2.97. The second kappa shape index (κ2) is 6.99. The average molecular weight is 357 g/mol. The van der Waals surface area contributed by atoms with Crippen LogP contribution in [0, 0.1) is 13.8 Å². The van der Waals surface area contributed by atoms with Gasteiger partial charge in [-0.3, -0.25) is 4.90 Å². The predicted molar refractivity (Wildman–Crippen MR) is 104 cm³/mol. The maximum Gasteiger partial charge on any atom is 0.131 e. The summed E-state index contributed by atoms with van der Waals surface area (Å²) in [5, 5.41) is 4.20. The molecule has 4 rings (SSSR count). The fourth-order valence-corrected chi connectivity index (χ4v) is 4.34. The van der Waals surface area contributed by atoms with Crippen molar-refractivity contribution in [3.05, 3.63) is 52.0 Å². The van der Waals surface area contributed by atoms with E-state index in [1.54, 1.807) is 0 Å². The number of fused-ring (bicyclic) bond motifs is 1. The fourth-order valence-electron chi connectivity index (χ4n) is 4.10. The maximum atomic E-state index is 6.45. The van der Waals surface area contributed by atoms with Crippen LogP contribution in [0.4, 0.5) is 0 Å². The van der Waals surface area contributed by atoms with Crippen LogP contribution in [-0.4, -0.2) is 43.7 Å². The second-order valence-electron chi connectivity index (χ2n) is 7.20. The van der Waals surface area contributed by atoms with E-state index in [0.717, 1.165) is 55.5 Å². The first-order chi connectivity index (χ1) is 12.1. The standard InChI is InChI=1S/C21H25ClN2O/c1-14-4-3-5-15(2)20(14)19-12-17(22)10-16-11-18(25-21(16)19)13-24-8-6-23-7-9-24/h3-5,10,12,18,23H,6-9,11,13H2,1-2H3. The number of nitrogens with one attached hydrogen (secondary N) is 1. The van der Waals surface area contributed by atoms with Crippen molar-refractivity contribution in [1.82, 2.24) is 10.2 Å². The molecule has 25 heavy (non-hydrogen) atoms. The molecule has 0 aromatic heterocycles. The molecule has 2 aliphatic heterocycles. The van der Waals surface area contributed by atoms with Gasteiger partial charge in [-0.05, 0) is 48.2 Å². The lowest BCUT2D eigenvalue weighted by Crippen LogP contribution is -2.47. The van der Waals surface area contributed by atoms with Gasteiger partial charge in [-0.15, -0.1) is 0 Å². The molecular weight excluding hydrogens is 332 g/mol. The Morgan fingerprint density at radius 1 is 1.16 bits per heavy atom. The molecular formula is C21H25ClN2O. The van der Waals surface area contributed by atoms with Crippen molar-refractivity contribution in [3.63, 3.8) is 0 Å². The summed E-state index contributed by atoms with van der Waals surface area (Å²) in [6.07, 6.45) is 1.16. The van der Waals surface area contributed by atoms with Crippen LogP contribution in [0.2, 0.25) is 5.02 Å². The molecule has 1 fully saturated rings. The third-order valence-corrected chi connectivity index (χ3v) is 5.50. The summed E-state index contributed by atoms with van der Waals surface area (Å²) >= 11 is 6.45. The molecule has 2 heterocycles. The van der Waals surface area contributed by atoms with Crippen molar-refractivity contribution < 1.29 is 4.74 Å². The quantitative estimate of drug-likeness (QED) is 0.904. The third kappa shape index (κ3) is 3.41. The van der Waals surface area contributed by atoms with Crippen LogP contribution in [0.25, 0.3) is 11.1 Å². The molecule has 2 aromatic rings. The monoisotopic (exact) mass is 356 g/mol. The van der Waals surface area contributed by atoms with Crippen molar-refractivity contribution >= 4 is 11.6 Å². The van der Waals surface area contributed by atoms with E-state index in [2.05, 4.69) is 54.4 Å². The van der Waals surface area contributed by atoms with Crippen molar-refractivity contribution in [1.29, 1.82) is 0 Å². The van der Waals surface area contributed by atoms with Crippen LogP contribution >= 0.6 is 11.6 Å². The number of rotatable bonds is 3. The molecule has 1 unspecified atom stereocenters. The number of aryl methyl sites for hydroxylation is 2. The van der Waals surface area contributed by atoms with E-state index in [9.17, 15) is 0 Å². The number of hydrogen-bond acceptors (Lipinski definition) is 3. The summed E-state index contributed by atoms with van der Waals surface area (Å²) in [5.74, 6) is 1.03. The smallest absolute Gasteiger partial charge is 0.131 e. The number of benzene rings is 2. The number of nitrogens with zero attached hydrogens (tertiary/aromatic N) is 1.